The fourth-order valence-corrected chi connectivity index (χ4v) is 17.8. The Labute approximate surface area is 646 Å². The molecule has 6 heterocycles. The average Bonchev–Trinajstić information content (AvgIpc) is 1.16. The van der Waals surface area contributed by atoms with Crippen LogP contribution in [0, 0.1) is 0 Å². The van der Waals surface area contributed by atoms with E-state index in [1.807, 2.05) is 0 Å². The highest BCUT2D eigenvalue weighted by molar-refractivity contribution is 7.01. The van der Waals surface area contributed by atoms with Crippen LogP contribution >= 0.6 is 0 Å². The molecule has 4 aromatic heterocycles. The van der Waals surface area contributed by atoms with Gasteiger partial charge in [-0.2, -0.15) is 0 Å². The summed E-state index contributed by atoms with van der Waals surface area (Å²) in [5.74, 6) is 1.60. The predicted octanol–water partition coefficient (Wildman–Crippen LogP) is 25.4. The number of pyridine rings is 2. The predicted molar refractivity (Wildman–Crippen MR) is 467 cm³/mol. The second kappa shape index (κ2) is 26.4. The van der Waals surface area contributed by atoms with Gasteiger partial charge in [0.15, 0.2) is 0 Å². The Morgan fingerprint density at radius 3 is 0.757 bits per heavy atom. The van der Waals surface area contributed by atoms with Gasteiger partial charge in [-0.3, -0.25) is 9.13 Å². The molecular weight excluding hydrogens is 1340 g/mol. The van der Waals surface area contributed by atoms with Crippen molar-refractivity contribution in [2.75, 3.05) is 9.80 Å². The first kappa shape index (κ1) is 65.2. The first-order valence-corrected chi connectivity index (χ1v) is 38.4. The molecule has 522 valence electrons. The minimum absolute atomic E-state index is 0.425. The van der Waals surface area contributed by atoms with Crippen LogP contribution < -0.4 is 26.2 Å². The highest BCUT2D eigenvalue weighted by Gasteiger charge is 2.50. The van der Waals surface area contributed by atoms with Crippen LogP contribution in [0.5, 0.6) is 0 Å². The van der Waals surface area contributed by atoms with Crippen LogP contribution in [0.3, 0.4) is 0 Å². The van der Waals surface area contributed by atoms with E-state index in [0.717, 1.165) is 195 Å². The van der Waals surface area contributed by atoms with Crippen LogP contribution in [-0.2, 0) is 5.41 Å². The van der Waals surface area contributed by atoms with Crippen molar-refractivity contribution in [3.8, 4) is 101 Å². The highest BCUT2D eigenvalue weighted by atomic mass is 15.2. The summed E-state index contributed by atoms with van der Waals surface area (Å²) in [6, 6.07) is 143. The van der Waals surface area contributed by atoms with Gasteiger partial charge in [0.05, 0.1) is 44.8 Å². The molecule has 7 heteroatoms. The molecule has 2 aliphatic heterocycles. The third-order valence-corrected chi connectivity index (χ3v) is 22.8. The fourth-order valence-electron chi connectivity index (χ4n) is 17.8. The largest absolute Gasteiger partial charge is 0.310 e. The van der Waals surface area contributed by atoms with Crippen LogP contribution in [0.1, 0.15) is 26.3 Å². The Bertz CT molecular complexity index is 6200. The standard InChI is InChI=1S/C104H73BN6/c1-104(2,3)78-64-91-97-92(65-78)111(103-85(72-44-20-8-21-45-72)62-77(69-38-14-5-15-39-69)63-86(103)73-46-22-9-23-47-73)94-67-96(109-89-58-34-30-54-81(89)82-55-31-35-59-90(82)109)107-101(75-50-26-11-27-51-75)99(94)105(97)98-93(66-95(106-100(98)74-48-24-10-25-49-74)108-87-56-32-28-52-79(87)80-53-29-33-57-88(80)108)110(91)102-83(70-40-16-6-17-41-70)60-76(68-36-12-4-13-37-68)61-84(102)71-42-18-7-19-43-71/h4-67H,1-3H3. The second-order valence-corrected chi connectivity index (χ2v) is 30.3. The molecule has 0 saturated carbocycles. The number of para-hydroxylation sites is 4. The van der Waals surface area contributed by atoms with Gasteiger partial charge >= 0.3 is 0 Å². The molecule has 2 aliphatic rings. The number of benzene rings is 15. The van der Waals surface area contributed by atoms with Gasteiger partial charge in [0, 0.05) is 78.7 Å². The van der Waals surface area contributed by atoms with E-state index in [1.54, 1.807) is 0 Å². The van der Waals surface area contributed by atoms with E-state index >= 15 is 0 Å². The Balaban J connectivity index is 1.01. The summed E-state index contributed by atoms with van der Waals surface area (Å²) in [5.41, 5.74) is 31.4. The first-order chi connectivity index (χ1) is 54.8. The lowest BCUT2D eigenvalue weighted by molar-refractivity contribution is 0.590. The van der Waals surface area contributed by atoms with Crippen molar-refractivity contribution in [3.05, 3.63) is 394 Å². The van der Waals surface area contributed by atoms with E-state index in [-0.39, 0.29) is 0 Å². The zero-order chi connectivity index (χ0) is 73.8. The molecular formula is C104H73BN6. The molecule has 6 nitrogen and oxygen atoms in total. The summed E-state index contributed by atoms with van der Waals surface area (Å²) in [5, 5.41) is 4.63. The number of anilines is 6. The van der Waals surface area contributed by atoms with Crippen molar-refractivity contribution in [1.29, 1.82) is 0 Å². The van der Waals surface area contributed by atoms with Crippen molar-refractivity contribution < 1.29 is 0 Å². The van der Waals surface area contributed by atoms with E-state index in [4.69, 9.17) is 9.97 Å². The van der Waals surface area contributed by atoms with Gasteiger partial charge in [0.2, 0.25) is 0 Å². The van der Waals surface area contributed by atoms with E-state index in [0.29, 0.717) is 0 Å². The topological polar surface area (TPSA) is 42.1 Å². The normalized spacial score (nSPS) is 12.4. The molecule has 0 N–H and O–H groups in total. The summed E-state index contributed by atoms with van der Waals surface area (Å²) < 4.78 is 4.83. The Hall–Kier alpha value is -14.1. The molecule has 0 unspecified atom stereocenters. The summed E-state index contributed by atoms with van der Waals surface area (Å²) in [6.45, 7) is 6.61. The van der Waals surface area contributed by atoms with Crippen LogP contribution in [0.25, 0.3) is 145 Å². The number of nitrogens with zero attached hydrogens (tertiary/aromatic N) is 6. The van der Waals surface area contributed by atoms with Gasteiger partial charge in [0.1, 0.15) is 11.6 Å². The summed E-state index contributed by atoms with van der Waals surface area (Å²) >= 11 is 0. The molecule has 15 aromatic carbocycles. The molecule has 0 saturated heterocycles. The maximum Gasteiger partial charge on any atom is 0.257 e. The minimum Gasteiger partial charge on any atom is -0.310 e. The fraction of sp³-hybridized carbons (Fsp3) is 0.0385. The third kappa shape index (κ3) is 10.8. The SMILES string of the molecule is CC(C)(C)c1cc2c3c(c1)N(c1c(-c4ccccc4)cc(-c4ccccc4)cc1-c1ccccc1)c1cc(-n4c5ccccc5c5ccccc54)nc(-c4ccccc4)c1B3c1c(cc(-n3c4ccccc4c4ccccc43)nc1-c1ccccc1)N2c1c(-c2ccccc2)cc(-c2ccccc2)cc1-c1ccccc1. The van der Waals surface area contributed by atoms with Gasteiger partial charge in [-0.05, 0) is 144 Å². The van der Waals surface area contributed by atoms with Crippen LogP contribution in [-0.4, -0.2) is 25.8 Å². The summed E-state index contributed by atoms with van der Waals surface area (Å²) in [7, 11) is 0. The molecule has 0 bridgehead atoms. The smallest absolute Gasteiger partial charge is 0.257 e. The van der Waals surface area contributed by atoms with Gasteiger partial charge in [-0.15, -0.1) is 0 Å². The number of aromatic nitrogens is 4. The number of hydrogen-bond donors (Lipinski definition) is 0. The first-order valence-electron chi connectivity index (χ1n) is 38.4. The van der Waals surface area contributed by atoms with Gasteiger partial charge in [-0.25, -0.2) is 9.97 Å². The lowest BCUT2D eigenvalue weighted by Crippen LogP contribution is -2.63. The molecule has 0 radical (unpaired) electrons. The molecule has 0 aliphatic carbocycles. The van der Waals surface area contributed by atoms with Crippen molar-refractivity contribution >= 4 is 101 Å². The van der Waals surface area contributed by atoms with E-state index in [2.05, 4.69) is 428 Å². The number of fused-ring (bicyclic) bond motifs is 10. The van der Waals surface area contributed by atoms with E-state index < -0.39 is 12.1 Å². The van der Waals surface area contributed by atoms with Crippen LogP contribution in [0.2, 0.25) is 0 Å². The zero-order valence-corrected chi connectivity index (χ0v) is 61.7. The Kier molecular flexibility index (Phi) is 15.5. The molecule has 0 amide bonds. The lowest BCUT2D eigenvalue weighted by Gasteiger charge is -2.47. The number of rotatable bonds is 12. The van der Waals surface area contributed by atoms with Crippen LogP contribution in [0.4, 0.5) is 34.1 Å². The van der Waals surface area contributed by atoms with E-state index in [1.165, 1.54) is 5.56 Å². The minimum atomic E-state index is -0.542. The average molecular weight is 1420 g/mol. The number of hydrogen-bond acceptors (Lipinski definition) is 4. The van der Waals surface area contributed by atoms with Gasteiger partial charge < -0.3 is 9.80 Å². The molecule has 0 fully saturated rings. The lowest BCUT2D eigenvalue weighted by atomic mass is 9.32. The zero-order valence-electron chi connectivity index (χ0n) is 61.7. The quantitative estimate of drug-likeness (QED) is 0.114. The second-order valence-electron chi connectivity index (χ2n) is 30.3. The molecule has 111 heavy (non-hydrogen) atoms. The molecule has 19 aromatic rings. The third-order valence-electron chi connectivity index (χ3n) is 22.8. The van der Waals surface area contributed by atoms with Gasteiger partial charge in [-0.1, -0.05) is 336 Å². The van der Waals surface area contributed by atoms with Crippen molar-refractivity contribution in [1.82, 2.24) is 19.1 Å². The molecule has 0 spiro atoms. The monoisotopic (exact) mass is 1420 g/mol. The maximum absolute atomic E-state index is 6.35. The summed E-state index contributed by atoms with van der Waals surface area (Å²) in [6.07, 6.45) is 0. The van der Waals surface area contributed by atoms with Crippen molar-refractivity contribution in [3.63, 3.8) is 0 Å². The maximum atomic E-state index is 6.35. The van der Waals surface area contributed by atoms with Gasteiger partial charge in [0.25, 0.3) is 6.71 Å². The van der Waals surface area contributed by atoms with Crippen molar-refractivity contribution in [2.24, 2.45) is 0 Å². The summed E-state index contributed by atoms with van der Waals surface area (Å²) in [4.78, 5) is 18.1. The van der Waals surface area contributed by atoms with E-state index in [9.17, 15) is 0 Å². The Morgan fingerprint density at radius 2 is 0.477 bits per heavy atom. The molecule has 0 atom stereocenters. The van der Waals surface area contributed by atoms with Crippen LogP contribution in [0.15, 0.2) is 388 Å². The van der Waals surface area contributed by atoms with Crippen molar-refractivity contribution in [2.45, 2.75) is 26.2 Å². The molecule has 21 rings (SSSR count). The highest BCUT2D eigenvalue weighted by Crippen LogP contribution is 2.57. The Morgan fingerprint density at radius 1 is 0.234 bits per heavy atom.